The summed E-state index contributed by atoms with van der Waals surface area (Å²) in [6, 6.07) is 6.33. The summed E-state index contributed by atoms with van der Waals surface area (Å²) in [5.74, 6) is 0. The Bertz CT molecular complexity index is 397. The first kappa shape index (κ1) is 10.5. The van der Waals surface area contributed by atoms with Crippen molar-refractivity contribution >= 4 is 27.3 Å². The van der Waals surface area contributed by atoms with Crippen molar-refractivity contribution in [2.75, 3.05) is 17.2 Å². The lowest BCUT2D eigenvalue weighted by molar-refractivity contribution is 0.334. The number of rotatable bonds is 0. The van der Waals surface area contributed by atoms with Crippen LogP contribution in [0.2, 0.25) is 0 Å². The van der Waals surface area contributed by atoms with Crippen LogP contribution in [0.15, 0.2) is 22.7 Å². The van der Waals surface area contributed by atoms with Crippen LogP contribution in [0, 0.1) is 0 Å². The highest BCUT2D eigenvalue weighted by Crippen LogP contribution is 2.41. The van der Waals surface area contributed by atoms with Gasteiger partial charge in [-0.2, -0.15) is 0 Å². The van der Waals surface area contributed by atoms with Crippen molar-refractivity contribution in [1.82, 2.24) is 0 Å². The van der Waals surface area contributed by atoms with E-state index in [9.17, 15) is 0 Å². The molecule has 0 bridgehead atoms. The maximum atomic E-state index is 3.77. The number of hydrogen-bond donors (Lipinski definition) is 2. The monoisotopic (exact) mass is 280 g/mol. The minimum absolute atomic E-state index is 0.301. The third-order valence-corrected chi connectivity index (χ3v) is 4.49. The van der Waals surface area contributed by atoms with Crippen LogP contribution in [-0.2, 0) is 0 Å². The lowest BCUT2D eigenvalue weighted by Gasteiger charge is -2.43. The molecule has 3 heteroatoms. The maximum Gasteiger partial charge on any atom is 0.0725 e. The summed E-state index contributed by atoms with van der Waals surface area (Å²) in [6.07, 6.45) is 6.69. The molecular weight excluding hydrogens is 264 g/mol. The Kier molecular flexibility index (Phi) is 2.58. The van der Waals surface area contributed by atoms with E-state index in [1.807, 2.05) is 0 Å². The standard InChI is InChI=1S/C13H17BrN2/c14-10-5-4-6-11-12(10)16-13(9-15-11)7-2-1-3-8-13/h4-6,15-16H,1-3,7-9H2. The van der Waals surface area contributed by atoms with Gasteiger partial charge in [-0.15, -0.1) is 0 Å². The molecule has 1 saturated carbocycles. The van der Waals surface area contributed by atoms with E-state index in [0.29, 0.717) is 5.54 Å². The molecule has 1 fully saturated rings. The third kappa shape index (κ3) is 1.71. The first-order valence-electron chi connectivity index (χ1n) is 6.10. The molecule has 1 aromatic carbocycles. The minimum Gasteiger partial charge on any atom is -0.381 e. The van der Waals surface area contributed by atoms with Crippen molar-refractivity contribution in [1.29, 1.82) is 0 Å². The zero-order valence-electron chi connectivity index (χ0n) is 9.35. The fraction of sp³-hybridized carbons (Fsp3) is 0.538. The minimum atomic E-state index is 0.301. The molecule has 0 saturated heterocycles. The van der Waals surface area contributed by atoms with Crippen LogP contribution in [0.4, 0.5) is 11.4 Å². The summed E-state index contributed by atoms with van der Waals surface area (Å²) < 4.78 is 1.17. The summed E-state index contributed by atoms with van der Waals surface area (Å²) in [5, 5.41) is 7.34. The SMILES string of the molecule is Brc1cccc2c1NC1(CCCCC1)CN2. The molecular formula is C13H17BrN2. The average Bonchev–Trinajstić information content (AvgIpc) is 2.32. The van der Waals surface area contributed by atoms with Gasteiger partial charge in [-0.05, 0) is 40.9 Å². The highest BCUT2D eigenvalue weighted by Gasteiger charge is 2.35. The highest BCUT2D eigenvalue weighted by molar-refractivity contribution is 9.10. The Balaban J connectivity index is 1.92. The molecule has 16 heavy (non-hydrogen) atoms. The van der Waals surface area contributed by atoms with Gasteiger partial charge in [0.1, 0.15) is 0 Å². The zero-order chi connectivity index (χ0) is 11.0. The van der Waals surface area contributed by atoms with Gasteiger partial charge in [0.2, 0.25) is 0 Å². The van der Waals surface area contributed by atoms with Crippen LogP contribution in [0.1, 0.15) is 32.1 Å². The van der Waals surface area contributed by atoms with E-state index in [0.717, 1.165) is 6.54 Å². The van der Waals surface area contributed by atoms with E-state index in [1.165, 1.54) is 48.0 Å². The molecule has 2 nitrogen and oxygen atoms in total. The number of fused-ring (bicyclic) bond motifs is 1. The number of nitrogens with one attached hydrogen (secondary N) is 2. The maximum absolute atomic E-state index is 3.77. The fourth-order valence-electron chi connectivity index (χ4n) is 2.90. The second kappa shape index (κ2) is 3.95. The number of hydrogen-bond acceptors (Lipinski definition) is 2. The lowest BCUT2D eigenvalue weighted by atomic mass is 9.80. The lowest BCUT2D eigenvalue weighted by Crippen LogP contribution is -2.49. The molecule has 0 atom stereocenters. The average molecular weight is 281 g/mol. The van der Waals surface area contributed by atoms with Gasteiger partial charge in [-0.25, -0.2) is 0 Å². The van der Waals surface area contributed by atoms with Gasteiger partial charge >= 0.3 is 0 Å². The van der Waals surface area contributed by atoms with Crippen LogP contribution in [-0.4, -0.2) is 12.1 Å². The van der Waals surface area contributed by atoms with Gasteiger partial charge in [0.05, 0.1) is 16.9 Å². The summed E-state index contributed by atoms with van der Waals surface area (Å²) in [5.41, 5.74) is 2.77. The van der Waals surface area contributed by atoms with E-state index < -0.39 is 0 Å². The van der Waals surface area contributed by atoms with E-state index >= 15 is 0 Å². The number of benzene rings is 1. The van der Waals surface area contributed by atoms with E-state index in [1.54, 1.807) is 0 Å². The van der Waals surface area contributed by atoms with Crippen LogP contribution in [0.25, 0.3) is 0 Å². The molecule has 0 unspecified atom stereocenters. The number of anilines is 2. The highest BCUT2D eigenvalue weighted by atomic mass is 79.9. The van der Waals surface area contributed by atoms with Gasteiger partial charge in [-0.1, -0.05) is 25.3 Å². The van der Waals surface area contributed by atoms with E-state index in [2.05, 4.69) is 44.8 Å². The molecule has 86 valence electrons. The Labute approximate surface area is 105 Å². The Morgan fingerprint density at radius 3 is 2.75 bits per heavy atom. The smallest absolute Gasteiger partial charge is 0.0725 e. The van der Waals surface area contributed by atoms with Crippen LogP contribution >= 0.6 is 15.9 Å². The van der Waals surface area contributed by atoms with Crippen LogP contribution in [0.3, 0.4) is 0 Å². The Hall–Kier alpha value is -0.700. The molecule has 2 aliphatic rings. The van der Waals surface area contributed by atoms with Gasteiger partial charge in [-0.3, -0.25) is 0 Å². The topological polar surface area (TPSA) is 24.1 Å². The van der Waals surface area contributed by atoms with Crippen molar-refractivity contribution in [3.05, 3.63) is 22.7 Å². The van der Waals surface area contributed by atoms with Crippen LogP contribution < -0.4 is 10.6 Å². The van der Waals surface area contributed by atoms with Crippen LogP contribution in [0.5, 0.6) is 0 Å². The normalized spacial score (nSPS) is 22.1. The molecule has 1 aromatic rings. The van der Waals surface area contributed by atoms with Crippen molar-refractivity contribution in [2.45, 2.75) is 37.6 Å². The zero-order valence-corrected chi connectivity index (χ0v) is 10.9. The van der Waals surface area contributed by atoms with Crippen molar-refractivity contribution in [2.24, 2.45) is 0 Å². The summed E-state index contributed by atoms with van der Waals surface area (Å²) in [6.45, 7) is 1.07. The summed E-state index contributed by atoms with van der Waals surface area (Å²) in [7, 11) is 0. The Morgan fingerprint density at radius 1 is 1.12 bits per heavy atom. The van der Waals surface area contributed by atoms with Gasteiger partial charge in [0, 0.05) is 11.0 Å². The van der Waals surface area contributed by atoms with Crippen molar-refractivity contribution < 1.29 is 0 Å². The quantitative estimate of drug-likeness (QED) is 0.751. The molecule has 3 rings (SSSR count). The predicted molar refractivity (Wildman–Crippen MR) is 72.1 cm³/mol. The molecule has 2 N–H and O–H groups in total. The summed E-state index contributed by atoms with van der Waals surface area (Å²) >= 11 is 3.63. The van der Waals surface area contributed by atoms with Crippen molar-refractivity contribution in [3.8, 4) is 0 Å². The molecule has 0 amide bonds. The Morgan fingerprint density at radius 2 is 1.94 bits per heavy atom. The molecule has 1 aliphatic carbocycles. The van der Waals surface area contributed by atoms with E-state index in [4.69, 9.17) is 0 Å². The second-order valence-corrected chi connectivity index (χ2v) is 5.84. The molecule has 1 aliphatic heterocycles. The first-order chi connectivity index (χ1) is 7.79. The molecule has 0 radical (unpaired) electrons. The molecule has 1 spiro atoms. The fourth-order valence-corrected chi connectivity index (χ4v) is 3.37. The first-order valence-corrected chi connectivity index (χ1v) is 6.89. The predicted octanol–water partition coefficient (Wildman–Crippen LogP) is 3.99. The second-order valence-electron chi connectivity index (χ2n) is 4.98. The number of para-hydroxylation sites is 1. The van der Waals surface area contributed by atoms with Gasteiger partial charge < -0.3 is 10.6 Å². The summed E-state index contributed by atoms with van der Waals surface area (Å²) in [4.78, 5) is 0. The van der Waals surface area contributed by atoms with Gasteiger partial charge in [0.25, 0.3) is 0 Å². The largest absolute Gasteiger partial charge is 0.381 e. The van der Waals surface area contributed by atoms with E-state index in [-0.39, 0.29) is 0 Å². The number of halogens is 1. The van der Waals surface area contributed by atoms with Crippen molar-refractivity contribution in [3.63, 3.8) is 0 Å². The van der Waals surface area contributed by atoms with Gasteiger partial charge in [0.15, 0.2) is 0 Å². The third-order valence-electron chi connectivity index (χ3n) is 3.83. The molecule has 1 heterocycles. The molecule has 0 aromatic heterocycles.